The van der Waals surface area contributed by atoms with E-state index in [2.05, 4.69) is 5.32 Å². The number of rotatable bonds is 5. The molecule has 0 aliphatic heterocycles. The summed E-state index contributed by atoms with van der Waals surface area (Å²) in [4.78, 5) is 12.1. The van der Waals surface area contributed by atoms with Gasteiger partial charge >= 0.3 is 0 Å². The van der Waals surface area contributed by atoms with Crippen LogP contribution in [0.1, 0.15) is 24.4 Å². The summed E-state index contributed by atoms with van der Waals surface area (Å²) in [7, 11) is 0. The van der Waals surface area contributed by atoms with Gasteiger partial charge in [-0.3, -0.25) is 4.79 Å². The molecule has 2 N–H and O–H groups in total. The van der Waals surface area contributed by atoms with Gasteiger partial charge in [0.05, 0.1) is 12.4 Å². The molecule has 21 heavy (non-hydrogen) atoms. The third kappa shape index (κ3) is 3.70. The van der Waals surface area contributed by atoms with Gasteiger partial charge in [-0.25, -0.2) is 4.39 Å². The van der Waals surface area contributed by atoms with E-state index in [1.807, 2.05) is 13.8 Å². The molecule has 2 rings (SSSR count). The maximum Gasteiger partial charge on any atom is 0.287 e. The molecule has 1 unspecified atom stereocenters. The second-order valence-electron chi connectivity index (χ2n) is 5.19. The van der Waals surface area contributed by atoms with Crippen molar-refractivity contribution in [3.8, 4) is 11.1 Å². The summed E-state index contributed by atoms with van der Waals surface area (Å²) in [5.41, 5.74) is 1.28. The predicted octanol–water partition coefficient (Wildman–Crippen LogP) is 2.83. The zero-order chi connectivity index (χ0) is 15.4. The van der Waals surface area contributed by atoms with Crippen molar-refractivity contribution in [1.82, 2.24) is 5.32 Å². The van der Waals surface area contributed by atoms with Gasteiger partial charge in [-0.1, -0.05) is 26.0 Å². The summed E-state index contributed by atoms with van der Waals surface area (Å²) >= 11 is 0. The molecule has 4 nitrogen and oxygen atoms in total. The number of benzene rings is 1. The second-order valence-corrected chi connectivity index (χ2v) is 5.19. The predicted molar refractivity (Wildman–Crippen MR) is 77.3 cm³/mol. The minimum atomic E-state index is -0.613. The molecule has 1 heterocycles. The van der Waals surface area contributed by atoms with Gasteiger partial charge in [0.2, 0.25) is 0 Å². The van der Waals surface area contributed by atoms with Gasteiger partial charge in [-0.15, -0.1) is 0 Å². The minimum absolute atomic E-state index is 0.0541. The van der Waals surface area contributed by atoms with Crippen LogP contribution in [0.5, 0.6) is 0 Å². The number of aliphatic hydroxyl groups is 1. The van der Waals surface area contributed by atoms with Gasteiger partial charge in [0.1, 0.15) is 5.82 Å². The average Bonchev–Trinajstić information content (AvgIpc) is 2.94. The fraction of sp³-hybridized carbons (Fsp3) is 0.312. The van der Waals surface area contributed by atoms with E-state index in [0.29, 0.717) is 11.1 Å². The Balaban J connectivity index is 2.13. The average molecular weight is 291 g/mol. The monoisotopic (exact) mass is 291 g/mol. The van der Waals surface area contributed by atoms with E-state index in [0.717, 1.165) is 0 Å². The summed E-state index contributed by atoms with van der Waals surface area (Å²) in [6, 6.07) is 7.47. The van der Waals surface area contributed by atoms with E-state index in [9.17, 15) is 14.3 Å². The first-order chi connectivity index (χ1) is 9.99. The molecule has 1 amide bonds. The van der Waals surface area contributed by atoms with Crippen LogP contribution < -0.4 is 5.32 Å². The Labute approximate surface area is 122 Å². The third-order valence-corrected chi connectivity index (χ3v) is 3.27. The molecular weight excluding hydrogens is 273 g/mol. The molecule has 1 aromatic carbocycles. The van der Waals surface area contributed by atoms with E-state index in [1.54, 1.807) is 18.2 Å². The summed E-state index contributed by atoms with van der Waals surface area (Å²) in [6.45, 7) is 3.89. The number of carbonyl (C=O) groups excluding carboxylic acids is 1. The van der Waals surface area contributed by atoms with E-state index in [-0.39, 0.29) is 24.0 Å². The summed E-state index contributed by atoms with van der Waals surface area (Å²) in [6.07, 6.45) is 0.796. The van der Waals surface area contributed by atoms with E-state index in [4.69, 9.17) is 4.42 Å². The molecule has 0 saturated heterocycles. The van der Waals surface area contributed by atoms with Gasteiger partial charge in [-0.05, 0) is 29.7 Å². The third-order valence-electron chi connectivity index (χ3n) is 3.27. The second kappa shape index (κ2) is 6.54. The molecule has 1 aromatic heterocycles. The molecule has 0 spiro atoms. The fourth-order valence-corrected chi connectivity index (χ4v) is 1.86. The van der Waals surface area contributed by atoms with Crippen molar-refractivity contribution in [2.45, 2.75) is 20.0 Å². The lowest BCUT2D eigenvalue weighted by molar-refractivity contribution is 0.0847. The largest absolute Gasteiger partial charge is 0.459 e. The molecule has 0 radical (unpaired) electrons. The zero-order valence-corrected chi connectivity index (χ0v) is 12.0. The number of aliphatic hydroxyl groups excluding tert-OH is 1. The van der Waals surface area contributed by atoms with Gasteiger partial charge in [0.25, 0.3) is 5.91 Å². The first-order valence-electron chi connectivity index (χ1n) is 6.78. The number of nitrogens with one attached hydrogen (secondary N) is 1. The smallest absolute Gasteiger partial charge is 0.287 e. The zero-order valence-electron chi connectivity index (χ0n) is 12.0. The quantitative estimate of drug-likeness (QED) is 0.890. The van der Waals surface area contributed by atoms with E-state index >= 15 is 0 Å². The molecule has 0 saturated carbocycles. The van der Waals surface area contributed by atoms with Crippen LogP contribution in [-0.4, -0.2) is 23.7 Å². The standard InChI is InChI=1S/C16H18FNO3/c1-10(2)14(19)9-18-16(20)15-13(7-8-21-15)11-3-5-12(17)6-4-11/h3-8,10,14,19H,9H2,1-2H3,(H,18,20). The van der Waals surface area contributed by atoms with Crippen molar-refractivity contribution < 1.29 is 18.7 Å². The summed E-state index contributed by atoms with van der Waals surface area (Å²) in [5.74, 6) is -0.539. The van der Waals surface area contributed by atoms with Crippen LogP contribution >= 0.6 is 0 Å². The molecule has 5 heteroatoms. The highest BCUT2D eigenvalue weighted by molar-refractivity contribution is 5.98. The van der Waals surface area contributed by atoms with Crippen molar-refractivity contribution >= 4 is 5.91 Å². The summed E-state index contributed by atoms with van der Waals surface area (Å²) in [5, 5.41) is 12.3. The summed E-state index contributed by atoms with van der Waals surface area (Å²) < 4.78 is 18.2. The van der Waals surface area contributed by atoms with Gasteiger partial charge < -0.3 is 14.8 Å². The maximum atomic E-state index is 12.9. The molecule has 0 aliphatic carbocycles. The first kappa shape index (κ1) is 15.3. The highest BCUT2D eigenvalue weighted by Crippen LogP contribution is 2.25. The van der Waals surface area contributed by atoms with Gasteiger partial charge in [0.15, 0.2) is 5.76 Å². The molecule has 112 valence electrons. The molecular formula is C16H18FNO3. The van der Waals surface area contributed by atoms with Crippen molar-refractivity contribution in [2.24, 2.45) is 5.92 Å². The Bertz CT molecular complexity index is 604. The lowest BCUT2D eigenvalue weighted by Gasteiger charge is -2.14. The number of hydrogen-bond acceptors (Lipinski definition) is 3. The molecule has 2 aromatic rings. The van der Waals surface area contributed by atoms with Gasteiger partial charge in [0, 0.05) is 12.1 Å². The lowest BCUT2D eigenvalue weighted by Crippen LogP contribution is -2.34. The van der Waals surface area contributed by atoms with Crippen LogP contribution in [0.25, 0.3) is 11.1 Å². The van der Waals surface area contributed by atoms with Gasteiger partial charge in [-0.2, -0.15) is 0 Å². The number of hydrogen-bond donors (Lipinski definition) is 2. The molecule has 0 bridgehead atoms. The highest BCUT2D eigenvalue weighted by atomic mass is 19.1. The van der Waals surface area contributed by atoms with Crippen LogP contribution in [0.15, 0.2) is 41.0 Å². The molecule has 0 aliphatic rings. The number of halogens is 1. The molecule has 0 fully saturated rings. The Morgan fingerprint density at radius 1 is 1.29 bits per heavy atom. The SMILES string of the molecule is CC(C)C(O)CNC(=O)c1occc1-c1ccc(F)cc1. The Kier molecular flexibility index (Phi) is 4.75. The van der Waals surface area contributed by atoms with Crippen LogP contribution in [0.3, 0.4) is 0 Å². The van der Waals surface area contributed by atoms with Crippen LogP contribution in [0.2, 0.25) is 0 Å². The highest BCUT2D eigenvalue weighted by Gasteiger charge is 2.18. The normalized spacial score (nSPS) is 12.4. The maximum absolute atomic E-state index is 12.9. The Hall–Kier alpha value is -2.14. The van der Waals surface area contributed by atoms with Crippen LogP contribution in [0.4, 0.5) is 4.39 Å². The number of furan rings is 1. The molecule has 1 atom stereocenters. The first-order valence-corrected chi connectivity index (χ1v) is 6.78. The fourth-order valence-electron chi connectivity index (χ4n) is 1.86. The van der Waals surface area contributed by atoms with Crippen LogP contribution in [0, 0.1) is 11.7 Å². The van der Waals surface area contributed by atoms with Crippen LogP contribution in [-0.2, 0) is 0 Å². The Morgan fingerprint density at radius 2 is 1.95 bits per heavy atom. The van der Waals surface area contributed by atoms with Crippen molar-refractivity contribution in [3.05, 3.63) is 48.2 Å². The van der Waals surface area contributed by atoms with Crippen molar-refractivity contribution in [2.75, 3.05) is 6.54 Å². The Morgan fingerprint density at radius 3 is 2.57 bits per heavy atom. The van der Waals surface area contributed by atoms with Crippen molar-refractivity contribution in [3.63, 3.8) is 0 Å². The number of amides is 1. The lowest BCUT2D eigenvalue weighted by atomic mass is 10.1. The van der Waals surface area contributed by atoms with Crippen molar-refractivity contribution in [1.29, 1.82) is 0 Å². The minimum Gasteiger partial charge on any atom is -0.459 e. The topological polar surface area (TPSA) is 62.5 Å². The van der Waals surface area contributed by atoms with E-state index in [1.165, 1.54) is 18.4 Å². The number of carbonyl (C=O) groups is 1. The van der Waals surface area contributed by atoms with E-state index < -0.39 is 12.0 Å².